The normalized spacial score (nSPS) is 35.0. The first-order valence-electron chi connectivity index (χ1n) is 8.41. The Hall–Kier alpha value is -0.0400. The molecule has 1 aliphatic heterocycles. The van der Waals surface area contributed by atoms with Crippen LogP contribution in [0.15, 0.2) is 0 Å². The van der Waals surface area contributed by atoms with Gasteiger partial charge >= 0.3 is 0 Å². The van der Waals surface area contributed by atoms with Gasteiger partial charge < -0.3 is 5.32 Å². The van der Waals surface area contributed by atoms with Crippen LogP contribution < -0.4 is 5.32 Å². The molecular weight excluding hydrogens is 218 g/mol. The molecule has 2 saturated carbocycles. The van der Waals surface area contributed by atoms with E-state index in [9.17, 15) is 0 Å². The topological polar surface area (TPSA) is 12.0 Å². The molecule has 1 nitrogen and oxygen atoms in total. The van der Waals surface area contributed by atoms with Gasteiger partial charge in [-0.05, 0) is 56.4 Å². The first kappa shape index (κ1) is 14.4. The van der Waals surface area contributed by atoms with E-state index in [1.165, 1.54) is 77.2 Å². The van der Waals surface area contributed by atoms with Crippen LogP contribution in [0.2, 0.25) is 0 Å². The average molecular weight is 251 g/mol. The van der Waals surface area contributed by atoms with Gasteiger partial charge in [0.25, 0.3) is 0 Å². The van der Waals surface area contributed by atoms with E-state index in [0.29, 0.717) is 5.41 Å². The van der Waals surface area contributed by atoms with E-state index < -0.39 is 0 Å². The summed E-state index contributed by atoms with van der Waals surface area (Å²) in [6.07, 6.45) is 16.1. The molecule has 3 rings (SSSR count). The number of fused-ring (bicyclic) bond motifs is 1. The Labute approximate surface area is 114 Å². The second kappa shape index (κ2) is 6.93. The average Bonchev–Trinajstić information content (AvgIpc) is 2.39. The lowest BCUT2D eigenvalue weighted by atomic mass is 9.78. The van der Waals surface area contributed by atoms with Crippen LogP contribution in [0.3, 0.4) is 0 Å². The number of hydrogen-bond acceptors (Lipinski definition) is 1. The van der Waals surface area contributed by atoms with Crippen LogP contribution in [0.4, 0.5) is 0 Å². The van der Waals surface area contributed by atoms with Crippen molar-refractivity contribution in [2.75, 3.05) is 6.54 Å². The maximum Gasteiger partial charge on any atom is 0.00953 e. The summed E-state index contributed by atoms with van der Waals surface area (Å²) in [5, 5.41) is 3.62. The van der Waals surface area contributed by atoms with Crippen molar-refractivity contribution in [1.82, 2.24) is 5.32 Å². The molecule has 1 saturated heterocycles. The van der Waals surface area contributed by atoms with Crippen LogP contribution in [0, 0.1) is 11.3 Å². The third-order valence-electron chi connectivity index (χ3n) is 5.27. The van der Waals surface area contributed by atoms with Crippen molar-refractivity contribution in [2.45, 2.75) is 90.5 Å². The summed E-state index contributed by atoms with van der Waals surface area (Å²) in [6.45, 7) is 6.04. The van der Waals surface area contributed by atoms with Crippen molar-refractivity contribution in [1.29, 1.82) is 0 Å². The van der Waals surface area contributed by atoms with Gasteiger partial charge in [-0.25, -0.2) is 0 Å². The summed E-state index contributed by atoms with van der Waals surface area (Å²) in [5.41, 5.74) is 0.679. The third-order valence-corrected chi connectivity index (χ3v) is 5.27. The predicted molar refractivity (Wildman–Crippen MR) is 79.8 cm³/mol. The summed E-state index contributed by atoms with van der Waals surface area (Å²) in [5.74, 6) is 1.04. The molecule has 0 aromatic carbocycles. The third kappa shape index (κ3) is 4.57. The van der Waals surface area contributed by atoms with Crippen molar-refractivity contribution in [2.24, 2.45) is 11.3 Å². The lowest BCUT2D eigenvalue weighted by Gasteiger charge is -2.36. The van der Waals surface area contributed by atoms with Crippen LogP contribution in [0.25, 0.3) is 0 Å². The number of rotatable bonds is 0. The van der Waals surface area contributed by atoms with Gasteiger partial charge in [-0.2, -0.15) is 0 Å². The fourth-order valence-corrected chi connectivity index (χ4v) is 3.98. The minimum atomic E-state index is 0.679. The molecule has 0 aromatic heterocycles. The molecule has 0 amide bonds. The fourth-order valence-electron chi connectivity index (χ4n) is 3.98. The van der Waals surface area contributed by atoms with E-state index in [1.807, 2.05) is 0 Å². The smallest absolute Gasteiger partial charge is 0.00953 e. The Balaban J connectivity index is 0.000000138. The van der Waals surface area contributed by atoms with Gasteiger partial charge in [-0.15, -0.1) is 0 Å². The maximum absolute atomic E-state index is 3.62. The van der Waals surface area contributed by atoms with Crippen LogP contribution in [0.1, 0.15) is 84.5 Å². The highest BCUT2D eigenvalue weighted by Gasteiger charge is 2.26. The molecule has 3 aliphatic rings. The Kier molecular flexibility index (Phi) is 5.54. The standard InChI is InChI=1S/C9H17N.C8H16/c1-2-6-9-8(4-1)5-3-7-10-9;1-8(2)6-4-3-5-7-8/h8-10H,1-7H2;3-7H2,1-2H3. The minimum Gasteiger partial charge on any atom is -0.314 e. The van der Waals surface area contributed by atoms with Gasteiger partial charge in [0, 0.05) is 6.04 Å². The highest BCUT2D eigenvalue weighted by Crippen LogP contribution is 2.34. The van der Waals surface area contributed by atoms with Crippen molar-refractivity contribution in [3.05, 3.63) is 0 Å². The van der Waals surface area contributed by atoms with Crippen molar-refractivity contribution in [3.63, 3.8) is 0 Å². The summed E-state index contributed by atoms with van der Waals surface area (Å²) in [6, 6.07) is 0.905. The second-order valence-corrected chi connectivity index (χ2v) is 7.47. The zero-order valence-electron chi connectivity index (χ0n) is 12.6. The summed E-state index contributed by atoms with van der Waals surface area (Å²) in [4.78, 5) is 0. The summed E-state index contributed by atoms with van der Waals surface area (Å²) in [7, 11) is 0. The van der Waals surface area contributed by atoms with Gasteiger partial charge in [-0.3, -0.25) is 0 Å². The lowest BCUT2D eigenvalue weighted by molar-refractivity contribution is 0.212. The van der Waals surface area contributed by atoms with E-state index in [0.717, 1.165) is 12.0 Å². The number of piperidine rings is 1. The Morgan fingerprint density at radius 3 is 2.06 bits per heavy atom. The van der Waals surface area contributed by atoms with Gasteiger partial charge in [0.2, 0.25) is 0 Å². The number of hydrogen-bond donors (Lipinski definition) is 1. The van der Waals surface area contributed by atoms with Crippen LogP contribution >= 0.6 is 0 Å². The predicted octanol–water partition coefficient (Wildman–Crippen LogP) is 4.91. The molecule has 0 radical (unpaired) electrons. The Morgan fingerprint density at radius 2 is 1.44 bits per heavy atom. The van der Waals surface area contributed by atoms with Gasteiger partial charge in [0.05, 0.1) is 0 Å². The zero-order valence-corrected chi connectivity index (χ0v) is 12.6. The molecule has 18 heavy (non-hydrogen) atoms. The molecule has 1 heterocycles. The first-order chi connectivity index (χ1) is 8.67. The SMILES string of the molecule is C1CCC2NCCCC2C1.CC1(C)CCCCC1. The minimum absolute atomic E-state index is 0.679. The monoisotopic (exact) mass is 251 g/mol. The summed E-state index contributed by atoms with van der Waals surface area (Å²) < 4.78 is 0. The van der Waals surface area contributed by atoms with Crippen LogP contribution in [-0.4, -0.2) is 12.6 Å². The molecule has 0 spiro atoms. The Bertz CT molecular complexity index is 200. The van der Waals surface area contributed by atoms with E-state index in [2.05, 4.69) is 19.2 Å². The quantitative estimate of drug-likeness (QED) is 0.645. The molecule has 0 bridgehead atoms. The van der Waals surface area contributed by atoms with E-state index in [4.69, 9.17) is 0 Å². The summed E-state index contributed by atoms with van der Waals surface area (Å²) >= 11 is 0. The first-order valence-corrected chi connectivity index (χ1v) is 8.41. The molecular formula is C17H33N. The fraction of sp³-hybridized carbons (Fsp3) is 1.00. The van der Waals surface area contributed by atoms with E-state index in [-0.39, 0.29) is 0 Å². The molecule has 0 aromatic rings. The van der Waals surface area contributed by atoms with Gasteiger partial charge in [0.15, 0.2) is 0 Å². The van der Waals surface area contributed by atoms with Crippen molar-refractivity contribution < 1.29 is 0 Å². The molecule has 2 atom stereocenters. The second-order valence-electron chi connectivity index (χ2n) is 7.47. The highest BCUT2D eigenvalue weighted by atomic mass is 14.9. The molecule has 106 valence electrons. The van der Waals surface area contributed by atoms with Gasteiger partial charge in [0.1, 0.15) is 0 Å². The molecule has 1 heteroatoms. The van der Waals surface area contributed by atoms with Crippen LogP contribution in [-0.2, 0) is 0 Å². The highest BCUT2D eigenvalue weighted by molar-refractivity contribution is 4.84. The van der Waals surface area contributed by atoms with Gasteiger partial charge in [-0.1, -0.05) is 46.0 Å². The molecule has 1 N–H and O–H groups in total. The zero-order chi connectivity index (χ0) is 12.8. The Morgan fingerprint density at radius 1 is 0.778 bits per heavy atom. The van der Waals surface area contributed by atoms with E-state index >= 15 is 0 Å². The number of nitrogens with one attached hydrogen (secondary N) is 1. The molecule has 2 unspecified atom stereocenters. The van der Waals surface area contributed by atoms with E-state index in [1.54, 1.807) is 0 Å². The molecule has 2 aliphatic carbocycles. The van der Waals surface area contributed by atoms with Crippen molar-refractivity contribution in [3.8, 4) is 0 Å². The van der Waals surface area contributed by atoms with Crippen LogP contribution in [0.5, 0.6) is 0 Å². The maximum atomic E-state index is 3.62. The lowest BCUT2D eigenvalue weighted by Crippen LogP contribution is -2.42. The largest absolute Gasteiger partial charge is 0.314 e. The van der Waals surface area contributed by atoms with Crippen molar-refractivity contribution >= 4 is 0 Å². The molecule has 3 fully saturated rings.